The predicted octanol–water partition coefficient (Wildman–Crippen LogP) is 6.22. The molecule has 0 aliphatic carbocycles. The Morgan fingerprint density at radius 1 is 0.935 bits per heavy atom. The van der Waals surface area contributed by atoms with Gasteiger partial charge in [0.2, 0.25) is 0 Å². The molecule has 0 amide bonds. The molecule has 1 unspecified atom stereocenters. The van der Waals surface area contributed by atoms with Crippen LogP contribution in [0.4, 0.5) is 0 Å². The Kier molecular flexibility index (Phi) is 9.20. The van der Waals surface area contributed by atoms with Crippen LogP contribution in [0, 0.1) is 0 Å². The van der Waals surface area contributed by atoms with E-state index in [0.29, 0.717) is 18.4 Å². The fourth-order valence-electron chi connectivity index (χ4n) is 3.08. The number of carbonyl (C=O) groups is 2. The molecule has 0 saturated heterocycles. The quantitative estimate of drug-likeness (QED) is 0.308. The number of esters is 1. The number of ketones is 1. The Hall–Kier alpha value is -2.24. The summed E-state index contributed by atoms with van der Waals surface area (Å²) in [6, 6.07) is 19.1. The Balaban J connectivity index is 1.87. The summed E-state index contributed by atoms with van der Waals surface area (Å²) in [5.41, 5.74) is 1.70. The normalized spacial score (nSPS) is 12.9. The van der Waals surface area contributed by atoms with Gasteiger partial charge in [-0.2, -0.15) is 0 Å². The van der Waals surface area contributed by atoms with Crippen molar-refractivity contribution in [1.82, 2.24) is 0 Å². The lowest BCUT2D eigenvalue weighted by molar-refractivity contribution is -0.122. The standard InChI is InChI=1S/C26H36O4Si/c1-26(2,3)31(4,5)30-24(19-21-13-8-6-9-14-21)18-12-17-23(27)20-29-25(28)22-15-10-7-11-16-22/h6-11,13-16,24H,12,17-20H2,1-5H3. The van der Waals surface area contributed by atoms with E-state index in [1.807, 2.05) is 24.3 Å². The first-order valence-corrected chi connectivity index (χ1v) is 13.9. The summed E-state index contributed by atoms with van der Waals surface area (Å²) < 4.78 is 11.8. The van der Waals surface area contributed by atoms with Crippen molar-refractivity contribution in [3.63, 3.8) is 0 Å². The van der Waals surface area contributed by atoms with Crippen molar-refractivity contribution in [3.05, 3.63) is 71.8 Å². The van der Waals surface area contributed by atoms with Crippen LogP contribution in [0.3, 0.4) is 0 Å². The number of rotatable bonds is 11. The highest BCUT2D eigenvalue weighted by Crippen LogP contribution is 2.38. The maximum absolute atomic E-state index is 12.3. The predicted molar refractivity (Wildman–Crippen MR) is 128 cm³/mol. The average Bonchev–Trinajstić information content (AvgIpc) is 2.72. The lowest BCUT2D eigenvalue weighted by atomic mass is 10.0. The second-order valence-electron chi connectivity index (χ2n) is 9.56. The van der Waals surface area contributed by atoms with E-state index >= 15 is 0 Å². The third kappa shape index (κ3) is 8.42. The van der Waals surface area contributed by atoms with Crippen molar-refractivity contribution in [2.45, 2.75) is 70.7 Å². The van der Waals surface area contributed by atoms with E-state index in [2.05, 4.69) is 46.0 Å². The van der Waals surface area contributed by atoms with E-state index in [0.717, 1.165) is 12.8 Å². The number of carbonyl (C=O) groups excluding carboxylic acids is 2. The molecule has 0 aliphatic rings. The minimum absolute atomic E-state index is 0.0601. The third-order valence-electron chi connectivity index (χ3n) is 5.93. The number of hydrogen-bond acceptors (Lipinski definition) is 4. The molecule has 2 aromatic rings. The van der Waals surface area contributed by atoms with Gasteiger partial charge in [-0.25, -0.2) is 4.79 Å². The van der Waals surface area contributed by atoms with Crippen molar-refractivity contribution in [1.29, 1.82) is 0 Å². The smallest absolute Gasteiger partial charge is 0.338 e. The number of ether oxygens (including phenoxy) is 1. The number of hydrogen-bond donors (Lipinski definition) is 0. The second-order valence-corrected chi connectivity index (χ2v) is 14.3. The van der Waals surface area contributed by atoms with Crippen LogP contribution < -0.4 is 0 Å². The number of Topliss-reactive ketones (excluding diaryl/α,β-unsaturated/α-hetero) is 1. The monoisotopic (exact) mass is 440 g/mol. The van der Waals surface area contributed by atoms with Gasteiger partial charge in [0.15, 0.2) is 14.1 Å². The van der Waals surface area contributed by atoms with Crippen molar-refractivity contribution in [3.8, 4) is 0 Å². The van der Waals surface area contributed by atoms with Crippen LogP contribution in [0.1, 0.15) is 56.0 Å². The van der Waals surface area contributed by atoms with Crippen LogP contribution in [-0.4, -0.2) is 32.8 Å². The van der Waals surface area contributed by atoms with Crippen LogP contribution in [-0.2, 0) is 20.4 Å². The first kappa shape index (κ1) is 25.0. The Labute approximate surface area is 188 Å². The van der Waals surface area contributed by atoms with Crippen LogP contribution in [0.5, 0.6) is 0 Å². The van der Waals surface area contributed by atoms with Gasteiger partial charge >= 0.3 is 5.97 Å². The summed E-state index contributed by atoms with van der Waals surface area (Å²) >= 11 is 0. The zero-order valence-corrected chi connectivity index (χ0v) is 20.5. The first-order valence-electron chi connectivity index (χ1n) is 11.0. The summed E-state index contributed by atoms with van der Waals surface area (Å²) in [7, 11) is -1.92. The molecule has 2 aromatic carbocycles. The van der Waals surface area contributed by atoms with Crippen LogP contribution in [0.25, 0.3) is 0 Å². The highest BCUT2D eigenvalue weighted by molar-refractivity contribution is 6.74. The molecule has 0 radical (unpaired) electrons. The van der Waals surface area contributed by atoms with Gasteiger partial charge in [0.1, 0.15) is 6.61 Å². The highest BCUT2D eigenvalue weighted by atomic mass is 28.4. The summed E-state index contributed by atoms with van der Waals surface area (Å²) in [6.07, 6.45) is 2.81. The molecule has 2 rings (SSSR count). The molecule has 0 fully saturated rings. The average molecular weight is 441 g/mol. The van der Waals surface area contributed by atoms with E-state index in [1.165, 1.54) is 5.56 Å². The molecule has 4 nitrogen and oxygen atoms in total. The van der Waals surface area contributed by atoms with Gasteiger partial charge in [-0.15, -0.1) is 0 Å². The van der Waals surface area contributed by atoms with Gasteiger partial charge < -0.3 is 9.16 Å². The SMILES string of the molecule is CC(C)(C)[Si](C)(C)OC(CCCC(=O)COC(=O)c1ccccc1)Cc1ccccc1. The Bertz CT molecular complexity index is 825. The maximum Gasteiger partial charge on any atom is 0.338 e. The fraction of sp³-hybridized carbons (Fsp3) is 0.462. The molecule has 0 N–H and O–H groups in total. The van der Waals surface area contributed by atoms with Gasteiger partial charge in [-0.05, 0) is 55.1 Å². The number of benzene rings is 2. The summed E-state index contributed by atoms with van der Waals surface area (Å²) in [5.74, 6) is -0.521. The van der Waals surface area contributed by atoms with Gasteiger partial charge in [0.25, 0.3) is 0 Å². The van der Waals surface area contributed by atoms with Gasteiger partial charge in [-0.1, -0.05) is 69.3 Å². The molecule has 0 saturated carbocycles. The van der Waals surface area contributed by atoms with Crippen LogP contribution >= 0.6 is 0 Å². The van der Waals surface area contributed by atoms with Crippen molar-refractivity contribution < 1.29 is 18.8 Å². The molecule has 168 valence electrons. The third-order valence-corrected chi connectivity index (χ3v) is 10.5. The van der Waals surface area contributed by atoms with Gasteiger partial charge in [0.05, 0.1) is 5.56 Å². The molecule has 0 aromatic heterocycles. The van der Waals surface area contributed by atoms with E-state index in [4.69, 9.17) is 9.16 Å². The molecule has 1 atom stereocenters. The summed E-state index contributed by atoms with van der Waals surface area (Å²) in [6.45, 7) is 11.1. The Morgan fingerprint density at radius 2 is 1.52 bits per heavy atom. The lowest BCUT2D eigenvalue weighted by Crippen LogP contribution is -2.44. The first-order chi connectivity index (χ1) is 14.6. The molecule has 31 heavy (non-hydrogen) atoms. The van der Waals surface area contributed by atoms with E-state index < -0.39 is 14.3 Å². The minimum Gasteiger partial charge on any atom is -0.454 e. The summed E-state index contributed by atoms with van der Waals surface area (Å²) in [5, 5.41) is 0.128. The zero-order valence-electron chi connectivity index (χ0n) is 19.5. The second kappa shape index (κ2) is 11.4. The molecule has 0 heterocycles. The summed E-state index contributed by atoms with van der Waals surface area (Å²) in [4.78, 5) is 24.2. The van der Waals surface area contributed by atoms with E-state index in [-0.39, 0.29) is 23.5 Å². The largest absolute Gasteiger partial charge is 0.454 e. The van der Waals surface area contributed by atoms with E-state index in [9.17, 15) is 9.59 Å². The molecule has 5 heteroatoms. The highest BCUT2D eigenvalue weighted by Gasteiger charge is 2.39. The maximum atomic E-state index is 12.3. The Morgan fingerprint density at radius 3 is 2.10 bits per heavy atom. The zero-order chi connectivity index (χ0) is 22.9. The minimum atomic E-state index is -1.92. The molecular weight excluding hydrogens is 404 g/mol. The van der Waals surface area contributed by atoms with Crippen molar-refractivity contribution in [2.24, 2.45) is 0 Å². The van der Waals surface area contributed by atoms with Gasteiger partial charge in [0, 0.05) is 12.5 Å². The fourth-order valence-corrected chi connectivity index (χ4v) is 4.46. The van der Waals surface area contributed by atoms with Crippen molar-refractivity contribution >= 4 is 20.1 Å². The molecule has 0 bridgehead atoms. The lowest BCUT2D eigenvalue weighted by Gasteiger charge is -2.39. The molecule has 0 aliphatic heterocycles. The van der Waals surface area contributed by atoms with Crippen LogP contribution in [0.15, 0.2) is 60.7 Å². The van der Waals surface area contributed by atoms with E-state index in [1.54, 1.807) is 24.3 Å². The molecular formula is C26H36O4Si. The van der Waals surface area contributed by atoms with Gasteiger partial charge in [-0.3, -0.25) is 4.79 Å². The van der Waals surface area contributed by atoms with Crippen molar-refractivity contribution in [2.75, 3.05) is 6.61 Å². The topological polar surface area (TPSA) is 52.6 Å². The molecule has 0 spiro atoms. The van der Waals surface area contributed by atoms with Crippen LogP contribution in [0.2, 0.25) is 18.1 Å².